The van der Waals surface area contributed by atoms with Gasteiger partial charge in [0.15, 0.2) is 17.2 Å². The van der Waals surface area contributed by atoms with Gasteiger partial charge in [-0.1, -0.05) is 22.4 Å². The lowest BCUT2D eigenvalue weighted by Gasteiger charge is -2.14. The number of aromatic nitrogens is 2. The second kappa shape index (κ2) is 17.7. The second-order valence-corrected chi connectivity index (χ2v) is 16.7. The largest absolute Gasteiger partial charge is 0.337 e. The number of hydrogen-bond donors (Lipinski definition) is 4. The van der Waals surface area contributed by atoms with Crippen LogP contribution in [0.5, 0.6) is 0 Å². The summed E-state index contributed by atoms with van der Waals surface area (Å²) in [6.07, 6.45) is 0. The molecule has 0 aliphatic heterocycles. The Balaban J connectivity index is 0.000000314. The average Bonchev–Trinajstić information content (AvgIpc) is 0.909. The summed E-state index contributed by atoms with van der Waals surface area (Å²) in [5.74, 6) is -8.66. The first-order valence-electron chi connectivity index (χ1n) is 28.7. The fourth-order valence-electron chi connectivity index (χ4n) is 4.57. The average molecular weight is 921 g/mol. The van der Waals surface area contributed by atoms with Crippen LogP contribution in [0.15, 0.2) is 65.9 Å². The van der Waals surface area contributed by atoms with E-state index in [1.165, 1.54) is 20.8 Å². The van der Waals surface area contributed by atoms with Crippen LogP contribution in [0.25, 0.3) is 0 Å². The Labute approximate surface area is 391 Å². The lowest BCUT2D eigenvalue weighted by Crippen LogP contribution is -2.20. The zero-order valence-corrected chi connectivity index (χ0v) is 34.0. The molecule has 0 aliphatic rings. The van der Waals surface area contributed by atoms with Crippen LogP contribution in [-0.2, 0) is 20.0 Å². The number of carbonyl (C=O) groups is 4. The summed E-state index contributed by atoms with van der Waals surface area (Å²) in [6.45, 7) is -15.2. The molecule has 0 bridgehead atoms. The molecule has 2 amide bonds. The number of nitrogens with one attached hydrogen (secondary N) is 4. The summed E-state index contributed by atoms with van der Waals surface area (Å²) in [5, 5.41) is 8.41. The summed E-state index contributed by atoms with van der Waals surface area (Å²) in [6, 6.07) is -2.92. The Hall–Kier alpha value is -5.96. The molecule has 0 saturated carbocycles. The van der Waals surface area contributed by atoms with E-state index in [2.05, 4.69) is 10.3 Å². The quantitative estimate of drug-likeness (QED) is 0.0846. The van der Waals surface area contributed by atoms with Gasteiger partial charge in [-0.15, -0.1) is 22.7 Å². The molecule has 20 heteroatoms. The molecule has 0 radical (unpaired) electrons. The highest BCUT2D eigenvalue weighted by Crippen LogP contribution is 2.31. The fraction of sp³-hybridized carbons (Fsp3) is 0.250. The molecule has 4 aromatic heterocycles. The molecule has 4 N–H and O–H groups in total. The van der Waals surface area contributed by atoms with Crippen LogP contribution in [0.1, 0.15) is 129 Å². The van der Waals surface area contributed by atoms with Gasteiger partial charge in [-0.2, -0.15) is 0 Å². The van der Waals surface area contributed by atoms with Crippen LogP contribution in [0.2, 0.25) is 5.65 Å². The van der Waals surface area contributed by atoms with Gasteiger partial charge in [-0.3, -0.25) is 19.2 Å². The molecule has 0 atom stereocenters. The Morgan fingerprint density at radius 3 is 1.52 bits per heavy atom. The Bertz CT molecular complexity index is 3950. The van der Waals surface area contributed by atoms with Crippen LogP contribution in [0, 0.1) is 55.1 Å². The molecular weight excluding hydrogens is 853 g/mol. The third-order valence-corrected chi connectivity index (χ3v) is 12.2. The summed E-state index contributed by atoms with van der Waals surface area (Å²) in [7, 11) is -10.1. The first kappa shape index (κ1) is 21.5. The first-order valence-corrected chi connectivity index (χ1v) is 20.6. The van der Waals surface area contributed by atoms with Crippen molar-refractivity contribution in [2.45, 2.75) is 78.6 Å². The van der Waals surface area contributed by atoms with Crippen molar-refractivity contribution >= 4 is 89.2 Å². The van der Waals surface area contributed by atoms with E-state index in [1.807, 2.05) is 0 Å². The number of aryl methyl sites for hydroxylation is 2. The number of ketones is 2. The minimum atomic E-state index is -5.17. The van der Waals surface area contributed by atoms with Crippen molar-refractivity contribution in [2.24, 2.45) is 0 Å². The lowest BCUT2D eigenvalue weighted by molar-refractivity contribution is 0.100. The predicted octanol–water partition coefficient (Wildman–Crippen LogP) is 8.45. The molecular formula is C40H42N6O10S4. The van der Waals surface area contributed by atoms with E-state index in [0.29, 0.717) is 22.7 Å². The second-order valence-electron chi connectivity index (χ2n) is 11.7. The highest BCUT2D eigenvalue weighted by atomic mass is 32.2. The molecule has 16 nitrogen and oxygen atoms in total. The van der Waals surface area contributed by atoms with Gasteiger partial charge >= 0.3 is 0 Å². The molecule has 0 fully saturated rings. The van der Waals surface area contributed by atoms with Crippen LogP contribution < -0.4 is 20.0 Å². The van der Waals surface area contributed by atoms with E-state index in [9.17, 15) is 36.0 Å². The summed E-state index contributed by atoms with van der Waals surface area (Å²) in [5.41, 5.74) is -10.1. The number of sulfonamides is 2. The van der Waals surface area contributed by atoms with Crippen molar-refractivity contribution in [1.29, 1.82) is 0 Å². The highest BCUT2D eigenvalue weighted by molar-refractivity contribution is 7.93. The van der Waals surface area contributed by atoms with Crippen molar-refractivity contribution < 1.29 is 80.9 Å². The van der Waals surface area contributed by atoms with E-state index in [1.54, 1.807) is 0 Å². The first-order chi connectivity index (χ1) is 38.7. The van der Waals surface area contributed by atoms with Crippen LogP contribution in [0.4, 0.5) is 23.1 Å². The van der Waals surface area contributed by atoms with Gasteiger partial charge in [-0.05, 0) is 126 Å². The number of hydrogen-bond acceptors (Lipinski definition) is 14. The Morgan fingerprint density at radius 2 is 1.10 bits per heavy atom. The van der Waals surface area contributed by atoms with Crippen molar-refractivity contribution in [3.63, 3.8) is 0 Å². The van der Waals surface area contributed by atoms with Crippen molar-refractivity contribution in [3.8, 4) is 0 Å². The van der Waals surface area contributed by atoms with Gasteiger partial charge in [0.1, 0.15) is 19.5 Å². The van der Waals surface area contributed by atoms with Crippen LogP contribution >= 0.6 is 22.7 Å². The minimum absolute atomic E-state index is 0.0815. The van der Waals surface area contributed by atoms with Gasteiger partial charge in [0.05, 0.1) is 28.2 Å². The summed E-state index contributed by atoms with van der Waals surface area (Å²) >= 11 is 0.803. The minimum Gasteiger partial charge on any atom is -0.337 e. The summed E-state index contributed by atoms with van der Waals surface area (Å²) < 4.78 is 267. The van der Waals surface area contributed by atoms with Crippen molar-refractivity contribution in [2.75, 3.05) is 20.0 Å². The van der Waals surface area contributed by atoms with Gasteiger partial charge in [-0.25, -0.2) is 26.3 Å². The lowest BCUT2D eigenvalue weighted by atomic mass is 10.0. The Morgan fingerprint density at radius 1 is 0.650 bits per heavy atom. The maximum atomic E-state index is 13.6. The van der Waals surface area contributed by atoms with Gasteiger partial charge in [0, 0.05) is 46.9 Å². The van der Waals surface area contributed by atoms with Crippen molar-refractivity contribution in [3.05, 3.63) is 113 Å². The number of amides is 2. The number of Topliss-reactive ketones (excluding diaryl/α,β-unsaturated/α-hetero) is 2. The number of benzene rings is 2. The fourth-order valence-corrected chi connectivity index (χ4v) is 9.06. The number of rotatable bonds is 12. The van der Waals surface area contributed by atoms with E-state index in [0.717, 1.165) is 29.8 Å². The normalized spacial score (nSPS) is 18.9. The molecule has 0 unspecified atom stereocenters. The maximum Gasteiger partial charge on any atom is 0.267 e. The summed E-state index contributed by atoms with van der Waals surface area (Å²) in [4.78, 5) is 49.6. The molecule has 6 aromatic rings. The van der Waals surface area contributed by atoms with E-state index < -0.39 is 190 Å². The van der Waals surface area contributed by atoms with Gasteiger partial charge in [0.2, 0.25) is 11.8 Å². The maximum absolute atomic E-state index is 13.6. The zero-order chi connectivity index (χ0) is 66.4. The molecule has 6 rings (SSSR count). The molecule has 60 heavy (non-hydrogen) atoms. The monoisotopic (exact) mass is 920 g/mol. The molecule has 0 spiro atoms. The van der Waals surface area contributed by atoms with Gasteiger partial charge < -0.3 is 19.7 Å². The standard InChI is InChI=1S/2C20H21N3O5S2/c2*1-10-8-11(2)17(15(9-10)14(5)24)21-19(25)18-16(6-7-29-18)30(26,27)23-20-12(3)13(4)22-28-20/h2*6-9,23H,1-5H3,(H,21,25)/i2D3,3D3,5D3,8D,9D;1D3,2D3,5D3,8D,9D/hD4. The predicted molar refractivity (Wildman–Crippen MR) is 230 cm³/mol. The third kappa shape index (κ3) is 9.73. The number of carbonyl (C=O) groups excluding carboxylic acids is 4. The number of thiophene rings is 2. The number of anilines is 4. The van der Waals surface area contributed by atoms with E-state index in [-0.39, 0.29) is 37.0 Å². The smallest absolute Gasteiger partial charge is 0.267 e. The van der Waals surface area contributed by atoms with Crippen LogP contribution in [-0.4, -0.2) is 50.5 Å². The highest BCUT2D eigenvalue weighted by Gasteiger charge is 2.29. The molecule has 2 aromatic carbocycles. The molecule has 0 saturated heterocycles. The topological polar surface area (TPSA) is 237 Å². The van der Waals surface area contributed by atoms with Crippen LogP contribution in [0.3, 0.4) is 0 Å². The SMILES string of the molecule is [2H]c1c(C(=O)C([2H])([2H])[2H])c(N([2H])C(=O)c2sccc2S(=O)(=O)N([2H])c2onc(C)c2C)c(C([2H])([2H])[2H])c([2H])c1C([2H])([2H])[2H].[2H]c1c(C)c([2H])c(C([2H])([2H])[2H])c(N([2H])C(=O)c2sccc2S(=O)(=O)N([2H])c2onc(C)c2C([2H])([2H])[2H])c1C(=O)C([2H])([2H])[2H]. The Kier molecular flexibility index (Phi) is 6.36. The van der Waals surface area contributed by atoms with E-state index >= 15 is 0 Å². The molecule has 316 valence electrons. The number of nitrogens with zero attached hydrogens (tertiary/aromatic N) is 2. The molecule has 4 heterocycles. The van der Waals surface area contributed by atoms with Crippen molar-refractivity contribution in [1.82, 2.24) is 10.3 Å². The van der Waals surface area contributed by atoms with Gasteiger partial charge in [0.25, 0.3) is 31.9 Å². The zero-order valence-electron chi connectivity index (χ0n) is 56.7. The third-order valence-electron chi connectivity index (χ3n) is 7.54. The van der Waals surface area contributed by atoms with E-state index in [4.69, 9.17) is 44.9 Å². The molecule has 0 aliphatic carbocycles.